The van der Waals surface area contributed by atoms with Crippen LogP contribution < -0.4 is 5.73 Å². The molecule has 0 radical (unpaired) electrons. The van der Waals surface area contributed by atoms with Crippen molar-refractivity contribution in [3.05, 3.63) is 35.4 Å². The van der Waals surface area contributed by atoms with Gasteiger partial charge < -0.3 is 20.3 Å². The molecule has 1 unspecified atom stereocenters. The number of benzene rings is 1. The lowest BCUT2D eigenvalue weighted by Gasteiger charge is -2.35. The zero-order chi connectivity index (χ0) is 19.3. The Morgan fingerprint density at radius 3 is 2.07 bits per heavy atom. The Balaban J connectivity index is 0.00000364. The Morgan fingerprint density at radius 2 is 1.63 bits per heavy atom. The van der Waals surface area contributed by atoms with Crippen LogP contribution >= 0.6 is 12.4 Å². The summed E-state index contributed by atoms with van der Waals surface area (Å²) < 4.78 is 42.9. The van der Waals surface area contributed by atoms with Crippen LogP contribution in [0.2, 0.25) is 0 Å². The molecule has 2 rings (SSSR count). The molecular formula is C17H23ClF3N3O3. The summed E-state index contributed by atoms with van der Waals surface area (Å²) in [7, 11) is 1.49. The molecule has 1 atom stereocenters. The smallest absolute Gasteiger partial charge is 0.380 e. The van der Waals surface area contributed by atoms with Crippen molar-refractivity contribution in [2.24, 2.45) is 5.73 Å². The Hall–Kier alpha value is -1.84. The zero-order valence-corrected chi connectivity index (χ0v) is 15.7. The maximum absolute atomic E-state index is 12.6. The summed E-state index contributed by atoms with van der Waals surface area (Å²) >= 11 is 0. The fourth-order valence-electron chi connectivity index (χ4n) is 2.73. The number of hydrogen-bond donors (Lipinski definition) is 1. The normalized spacial score (nSPS) is 15.9. The van der Waals surface area contributed by atoms with Gasteiger partial charge in [0.15, 0.2) is 0 Å². The van der Waals surface area contributed by atoms with E-state index >= 15 is 0 Å². The summed E-state index contributed by atoms with van der Waals surface area (Å²) in [5.41, 5.74) is 4.91. The number of carbonyl (C=O) groups is 2. The van der Waals surface area contributed by atoms with Gasteiger partial charge in [0, 0.05) is 45.4 Å². The predicted molar refractivity (Wildman–Crippen MR) is 95.6 cm³/mol. The number of halogens is 4. The van der Waals surface area contributed by atoms with E-state index < -0.39 is 11.7 Å². The van der Waals surface area contributed by atoms with E-state index in [0.717, 1.165) is 12.1 Å². The first-order valence-corrected chi connectivity index (χ1v) is 8.23. The molecule has 27 heavy (non-hydrogen) atoms. The van der Waals surface area contributed by atoms with Crippen molar-refractivity contribution < 1.29 is 27.5 Å². The average Bonchev–Trinajstić information content (AvgIpc) is 2.64. The standard InChI is InChI=1S/C17H22F3N3O3.ClH/c1-26-14(11-21)10-15(24)22-6-8-23(9-7-22)16(25)12-2-4-13(5-3-12)17(18,19)20;/h2-5,14H,6-11,21H2,1H3;1H. The molecule has 0 aliphatic carbocycles. The number of amides is 2. The SMILES string of the molecule is COC(CN)CC(=O)N1CCN(C(=O)c2ccc(C(F)(F)F)cc2)CC1.Cl. The third-order valence-corrected chi connectivity index (χ3v) is 4.38. The van der Waals surface area contributed by atoms with Gasteiger partial charge in [-0.15, -0.1) is 12.4 Å². The molecule has 1 aliphatic heterocycles. The summed E-state index contributed by atoms with van der Waals surface area (Å²) in [5, 5.41) is 0. The highest BCUT2D eigenvalue weighted by atomic mass is 35.5. The molecule has 1 aromatic carbocycles. The van der Waals surface area contributed by atoms with E-state index in [1.807, 2.05) is 0 Å². The quantitative estimate of drug-likeness (QED) is 0.804. The van der Waals surface area contributed by atoms with Crippen molar-refractivity contribution in [3.8, 4) is 0 Å². The van der Waals surface area contributed by atoms with Crippen molar-refractivity contribution in [3.63, 3.8) is 0 Å². The van der Waals surface area contributed by atoms with E-state index in [1.165, 1.54) is 24.1 Å². The van der Waals surface area contributed by atoms with Crippen LogP contribution in [0, 0.1) is 0 Å². The van der Waals surface area contributed by atoms with Crippen LogP contribution in [0.3, 0.4) is 0 Å². The fourth-order valence-corrected chi connectivity index (χ4v) is 2.73. The van der Waals surface area contributed by atoms with Crippen LogP contribution in [-0.4, -0.2) is 67.6 Å². The lowest BCUT2D eigenvalue weighted by molar-refractivity contribution is -0.137. The van der Waals surface area contributed by atoms with Crippen molar-refractivity contribution in [1.82, 2.24) is 9.80 Å². The molecule has 0 spiro atoms. The van der Waals surface area contributed by atoms with Gasteiger partial charge in [-0.1, -0.05) is 0 Å². The maximum atomic E-state index is 12.6. The van der Waals surface area contributed by atoms with Gasteiger partial charge in [0.05, 0.1) is 18.1 Å². The number of carbonyl (C=O) groups excluding carboxylic acids is 2. The lowest BCUT2D eigenvalue weighted by Crippen LogP contribution is -2.51. The van der Waals surface area contributed by atoms with E-state index in [9.17, 15) is 22.8 Å². The summed E-state index contributed by atoms with van der Waals surface area (Å²) in [6.45, 7) is 1.63. The number of rotatable bonds is 5. The first-order chi connectivity index (χ1) is 12.3. The molecule has 10 heteroatoms. The van der Waals surface area contributed by atoms with E-state index in [1.54, 1.807) is 4.90 Å². The number of hydrogen-bond acceptors (Lipinski definition) is 4. The second kappa shape index (κ2) is 9.91. The molecule has 1 heterocycles. The monoisotopic (exact) mass is 409 g/mol. The van der Waals surface area contributed by atoms with Gasteiger partial charge in [0.25, 0.3) is 5.91 Å². The molecule has 0 aromatic heterocycles. The van der Waals surface area contributed by atoms with Crippen LogP contribution in [0.25, 0.3) is 0 Å². The zero-order valence-electron chi connectivity index (χ0n) is 14.9. The van der Waals surface area contributed by atoms with Gasteiger partial charge in [0.1, 0.15) is 0 Å². The van der Waals surface area contributed by atoms with E-state index in [4.69, 9.17) is 10.5 Å². The van der Waals surface area contributed by atoms with Crippen LogP contribution in [0.1, 0.15) is 22.3 Å². The second-order valence-corrected chi connectivity index (χ2v) is 6.05. The van der Waals surface area contributed by atoms with Gasteiger partial charge in [-0.2, -0.15) is 13.2 Å². The Bertz CT molecular complexity index is 629. The topological polar surface area (TPSA) is 75.9 Å². The molecule has 6 nitrogen and oxygen atoms in total. The molecule has 2 amide bonds. The van der Waals surface area contributed by atoms with Gasteiger partial charge in [-0.05, 0) is 24.3 Å². The number of nitrogens with zero attached hydrogens (tertiary/aromatic N) is 2. The molecule has 0 saturated carbocycles. The highest BCUT2D eigenvalue weighted by molar-refractivity contribution is 5.94. The molecule has 1 aromatic rings. The average molecular weight is 410 g/mol. The molecule has 1 aliphatic rings. The number of piperazine rings is 1. The number of nitrogens with two attached hydrogens (primary N) is 1. The molecular weight excluding hydrogens is 387 g/mol. The Labute approximate surface area is 161 Å². The minimum atomic E-state index is -4.43. The van der Waals surface area contributed by atoms with Gasteiger partial charge >= 0.3 is 6.18 Å². The predicted octanol–water partition coefficient (Wildman–Crippen LogP) is 1.78. The van der Waals surface area contributed by atoms with E-state index in [-0.39, 0.29) is 48.9 Å². The van der Waals surface area contributed by atoms with Gasteiger partial charge in [0.2, 0.25) is 5.91 Å². The van der Waals surface area contributed by atoms with Crippen LogP contribution in [-0.2, 0) is 15.7 Å². The molecule has 152 valence electrons. The van der Waals surface area contributed by atoms with Crippen molar-refractivity contribution in [2.75, 3.05) is 39.8 Å². The third-order valence-electron chi connectivity index (χ3n) is 4.38. The highest BCUT2D eigenvalue weighted by Crippen LogP contribution is 2.29. The Kier molecular flexibility index (Phi) is 8.52. The maximum Gasteiger partial charge on any atom is 0.416 e. The summed E-state index contributed by atoms with van der Waals surface area (Å²) in [6, 6.07) is 4.13. The van der Waals surface area contributed by atoms with Gasteiger partial charge in [-0.25, -0.2) is 0 Å². The van der Waals surface area contributed by atoms with Crippen LogP contribution in [0.4, 0.5) is 13.2 Å². The van der Waals surface area contributed by atoms with E-state index in [0.29, 0.717) is 26.2 Å². The van der Waals surface area contributed by atoms with Crippen molar-refractivity contribution in [2.45, 2.75) is 18.7 Å². The van der Waals surface area contributed by atoms with Gasteiger partial charge in [-0.3, -0.25) is 9.59 Å². The van der Waals surface area contributed by atoms with E-state index in [2.05, 4.69) is 0 Å². The van der Waals surface area contributed by atoms with Crippen molar-refractivity contribution >= 4 is 24.2 Å². The lowest BCUT2D eigenvalue weighted by atomic mass is 10.1. The van der Waals surface area contributed by atoms with Crippen LogP contribution in [0.15, 0.2) is 24.3 Å². The molecule has 0 bridgehead atoms. The molecule has 1 fully saturated rings. The number of alkyl halides is 3. The summed E-state index contributed by atoms with van der Waals surface area (Å²) in [6.07, 6.45) is -4.59. The summed E-state index contributed by atoms with van der Waals surface area (Å²) in [4.78, 5) is 27.8. The summed E-state index contributed by atoms with van der Waals surface area (Å²) in [5.74, 6) is -0.438. The number of ether oxygens (including phenoxy) is 1. The first-order valence-electron chi connectivity index (χ1n) is 8.23. The molecule has 1 saturated heterocycles. The van der Waals surface area contributed by atoms with Crippen LogP contribution in [0.5, 0.6) is 0 Å². The number of methoxy groups -OCH3 is 1. The fraction of sp³-hybridized carbons (Fsp3) is 0.529. The minimum Gasteiger partial charge on any atom is -0.380 e. The first kappa shape index (κ1) is 23.2. The third kappa shape index (κ3) is 6.08. The van der Waals surface area contributed by atoms with Crippen molar-refractivity contribution in [1.29, 1.82) is 0 Å². The minimum absolute atomic E-state index is 0. The second-order valence-electron chi connectivity index (χ2n) is 6.05. The molecule has 2 N–H and O–H groups in total. The Morgan fingerprint density at radius 1 is 1.11 bits per heavy atom. The largest absolute Gasteiger partial charge is 0.416 e. The highest BCUT2D eigenvalue weighted by Gasteiger charge is 2.31.